The minimum Gasteiger partial charge on any atom is -0.337 e. The Morgan fingerprint density at radius 3 is 2.25 bits per heavy atom. The molecule has 2 aromatic carbocycles. The van der Waals surface area contributed by atoms with Gasteiger partial charge in [0, 0.05) is 23.0 Å². The Balaban J connectivity index is 1.40. The number of nitrogens with zero attached hydrogens (tertiary/aromatic N) is 5. The molecule has 0 saturated carbocycles. The van der Waals surface area contributed by atoms with Crippen molar-refractivity contribution in [3.05, 3.63) is 101 Å². The molecule has 1 fully saturated rings. The molecule has 1 saturated heterocycles. The summed E-state index contributed by atoms with van der Waals surface area (Å²) in [6.45, 7) is 0. The van der Waals surface area contributed by atoms with Crippen molar-refractivity contribution in [2.24, 2.45) is 0 Å². The molecule has 0 bridgehead atoms. The second-order valence-corrected chi connectivity index (χ2v) is 7.92. The fourth-order valence-corrected chi connectivity index (χ4v) is 4.19. The maximum absolute atomic E-state index is 13.1. The Kier molecular flexibility index (Phi) is 4.17. The molecule has 0 spiro atoms. The number of carbonyl (C=O) groups is 2. The lowest BCUT2D eigenvalue weighted by atomic mass is 10.1. The van der Waals surface area contributed by atoms with Gasteiger partial charge in [-0.1, -0.05) is 41.0 Å². The summed E-state index contributed by atoms with van der Waals surface area (Å²) < 4.78 is 5.55. The highest BCUT2D eigenvalue weighted by atomic mass is 35.5. The number of hydrogen-bond acceptors (Lipinski definition) is 7. The van der Waals surface area contributed by atoms with Crippen LogP contribution in [0.1, 0.15) is 44.3 Å². The van der Waals surface area contributed by atoms with Crippen molar-refractivity contribution in [3.8, 4) is 11.4 Å². The van der Waals surface area contributed by atoms with Crippen LogP contribution < -0.4 is 0 Å². The first kappa shape index (κ1) is 18.9. The lowest BCUT2D eigenvalue weighted by molar-refractivity contribution is 0.0332. The van der Waals surface area contributed by atoms with Gasteiger partial charge in [-0.25, -0.2) is 5.01 Å². The summed E-state index contributed by atoms with van der Waals surface area (Å²) in [7, 11) is 0. The van der Waals surface area contributed by atoms with Gasteiger partial charge in [-0.05, 0) is 42.0 Å². The molecule has 9 heteroatoms. The molecule has 6 rings (SSSR count). The third-order valence-corrected chi connectivity index (χ3v) is 5.86. The molecule has 156 valence electrons. The van der Waals surface area contributed by atoms with Gasteiger partial charge in [-0.15, -0.1) is 0 Å². The van der Waals surface area contributed by atoms with E-state index >= 15 is 0 Å². The van der Waals surface area contributed by atoms with Crippen molar-refractivity contribution >= 4 is 23.4 Å². The smallest absolute Gasteiger partial charge is 0.276 e. The van der Waals surface area contributed by atoms with Crippen LogP contribution >= 0.6 is 11.6 Å². The van der Waals surface area contributed by atoms with Crippen molar-refractivity contribution in [2.75, 3.05) is 0 Å². The van der Waals surface area contributed by atoms with Crippen LogP contribution in [-0.2, 0) is 0 Å². The zero-order chi connectivity index (χ0) is 21.8. The van der Waals surface area contributed by atoms with Crippen molar-refractivity contribution in [3.63, 3.8) is 0 Å². The highest BCUT2D eigenvalue weighted by Gasteiger charge is 2.61. The average molecular weight is 444 g/mol. The number of amides is 2. The van der Waals surface area contributed by atoms with E-state index in [4.69, 9.17) is 16.1 Å². The molecular formula is C23H14ClN5O3. The van der Waals surface area contributed by atoms with Gasteiger partial charge in [0.25, 0.3) is 11.8 Å². The molecule has 2 aliphatic heterocycles. The number of fused-ring (bicyclic) bond motifs is 1. The summed E-state index contributed by atoms with van der Waals surface area (Å²) in [6.07, 6.45) is 3.30. The zero-order valence-corrected chi connectivity index (χ0v) is 17.2. The Morgan fingerprint density at radius 2 is 1.59 bits per heavy atom. The summed E-state index contributed by atoms with van der Waals surface area (Å²) in [4.78, 5) is 34.8. The summed E-state index contributed by atoms with van der Waals surface area (Å²) >= 11 is 6.05. The number of hydrazine groups is 1. The predicted octanol–water partition coefficient (Wildman–Crippen LogP) is 4.09. The molecule has 4 heterocycles. The number of carbonyl (C=O) groups excluding carboxylic acids is 2. The number of hydrogen-bond donors (Lipinski definition) is 0. The van der Waals surface area contributed by atoms with E-state index in [0.29, 0.717) is 33.4 Å². The van der Waals surface area contributed by atoms with Crippen LogP contribution in [0.5, 0.6) is 0 Å². The summed E-state index contributed by atoms with van der Waals surface area (Å²) in [6, 6.07) is 16.8. The zero-order valence-electron chi connectivity index (χ0n) is 16.4. The molecule has 8 nitrogen and oxygen atoms in total. The number of pyridine rings is 1. The molecule has 0 aliphatic carbocycles. The molecule has 2 aliphatic rings. The van der Waals surface area contributed by atoms with Gasteiger partial charge in [-0.2, -0.15) is 9.99 Å². The summed E-state index contributed by atoms with van der Waals surface area (Å²) in [5.41, 5.74) is 2.33. The van der Waals surface area contributed by atoms with E-state index in [1.807, 2.05) is 18.2 Å². The van der Waals surface area contributed by atoms with Gasteiger partial charge in [0.05, 0.1) is 17.2 Å². The van der Waals surface area contributed by atoms with Gasteiger partial charge in [-0.3, -0.25) is 14.6 Å². The maximum Gasteiger partial charge on any atom is 0.276 e. The number of aromatic nitrogens is 3. The van der Waals surface area contributed by atoms with Crippen LogP contribution in [0.2, 0.25) is 5.02 Å². The van der Waals surface area contributed by atoms with E-state index in [1.54, 1.807) is 59.9 Å². The maximum atomic E-state index is 13.1. The number of imide groups is 1. The first-order valence-electron chi connectivity index (χ1n) is 9.89. The Labute approximate surface area is 187 Å². The van der Waals surface area contributed by atoms with Crippen molar-refractivity contribution < 1.29 is 14.1 Å². The third-order valence-electron chi connectivity index (χ3n) is 5.61. The van der Waals surface area contributed by atoms with Gasteiger partial charge in [0.15, 0.2) is 0 Å². The van der Waals surface area contributed by atoms with Crippen LogP contribution in [0.25, 0.3) is 11.4 Å². The number of rotatable bonds is 4. The quantitative estimate of drug-likeness (QED) is 0.346. The minimum atomic E-state index is -0.476. The van der Waals surface area contributed by atoms with Crippen LogP contribution in [0.3, 0.4) is 0 Å². The van der Waals surface area contributed by atoms with Crippen molar-refractivity contribution in [2.45, 2.75) is 12.1 Å². The Bertz CT molecular complexity index is 1320. The SMILES string of the molecule is O=C1c2ccccc2C(=O)N1N1C(c2ccc(Cl)cc2)C1c1nc(-c2cccnc2)no1. The molecule has 0 N–H and O–H groups in total. The molecule has 0 radical (unpaired) electrons. The summed E-state index contributed by atoms with van der Waals surface area (Å²) in [5.74, 6) is -0.0596. The molecule has 32 heavy (non-hydrogen) atoms. The van der Waals surface area contributed by atoms with E-state index in [-0.39, 0.29) is 17.9 Å². The molecule has 2 aromatic heterocycles. The normalized spacial score (nSPS) is 21.7. The average Bonchev–Trinajstić information content (AvgIpc) is 3.23. The van der Waals surface area contributed by atoms with Crippen LogP contribution in [0, 0.1) is 0 Å². The summed E-state index contributed by atoms with van der Waals surface area (Å²) in [5, 5.41) is 7.50. The standard InChI is InChI=1S/C23H14ClN5O3/c24-15-9-7-13(8-10-15)18-19(21-26-20(27-32-21)14-4-3-11-25-12-14)28(18)29-22(30)16-5-1-2-6-17(16)23(29)31/h1-12,18-19H. The van der Waals surface area contributed by atoms with Gasteiger partial charge >= 0.3 is 0 Å². The van der Waals surface area contributed by atoms with Gasteiger partial charge in [0.1, 0.15) is 6.04 Å². The van der Waals surface area contributed by atoms with Crippen LogP contribution in [-0.4, -0.2) is 37.0 Å². The van der Waals surface area contributed by atoms with Gasteiger partial charge < -0.3 is 4.52 Å². The Morgan fingerprint density at radius 1 is 0.875 bits per heavy atom. The molecule has 4 aromatic rings. The van der Waals surface area contributed by atoms with Crippen molar-refractivity contribution in [1.82, 2.24) is 25.1 Å². The number of benzene rings is 2. The largest absolute Gasteiger partial charge is 0.337 e. The second kappa shape index (κ2) is 7.08. The van der Waals surface area contributed by atoms with E-state index in [2.05, 4.69) is 15.1 Å². The Hall–Kier alpha value is -3.88. The fraction of sp³-hybridized carbons (Fsp3) is 0.0870. The number of halogens is 1. The topological polar surface area (TPSA) is 92.2 Å². The van der Waals surface area contributed by atoms with Crippen molar-refractivity contribution in [1.29, 1.82) is 0 Å². The third kappa shape index (κ3) is 2.84. The second-order valence-electron chi connectivity index (χ2n) is 7.49. The molecule has 3 unspecified atom stereocenters. The first-order valence-corrected chi connectivity index (χ1v) is 10.3. The lowest BCUT2D eigenvalue weighted by Gasteiger charge is -2.16. The molecule has 3 atom stereocenters. The van der Waals surface area contributed by atoms with Crippen LogP contribution in [0.4, 0.5) is 0 Å². The monoisotopic (exact) mass is 443 g/mol. The lowest BCUT2D eigenvalue weighted by Crippen LogP contribution is -2.35. The first-order chi connectivity index (χ1) is 15.6. The van der Waals surface area contributed by atoms with E-state index in [1.165, 1.54) is 5.01 Å². The van der Waals surface area contributed by atoms with Gasteiger partial charge in [0.2, 0.25) is 11.7 Å². The van der Waals surface area contributed by atoms with Crippen LogP contribution in [0.15, 0.2) is 77.6 Å². The predicted molar refractivity (Wildman–Crippen MR) is 113 cm³/mol. The van der Waals surface area contributed by atoms with E-state index in [0.717, 1.165) is 5.56 Å². The van der Waals surface area contributed by atoms with E-state index in [9.17, 15) is 9.59 Å². The molecular weight excluding hydrogens is 430 g/mol. The van der Waals surface area contributed by atoms with E-state index < -0.39 is 6.04 Å². The molecule has 2 amide bonds. The fourth-order valence-electron chi connectivity index (χ4n) is 4.07. The minimum absolute atomic E-state index is 0.306. The highest BCUT2D eigenvalue weighted by molar-refractivity contribution is 6.30. The highest BCUT2D eigenvalue weighted by Crippen LogP contribution is 2.56.